The van der Waals surface area contributed by atoms with Crippen molar-refractivity contribution in [1.29, 1.82) is 0 Å². The van der Waals surface area contributed by atoms with Gasteiger partial charge in [0.1, 0.15) is 11.5 Å². The summed E-state index contributed by atoms with van der Waals surface area (Å²) in [5.74, 6) is 1.42. The number of para-hydroxylation sites is 2. The summed E-state index contributed by atoms with van der Waals surface area (Å²) in [4.78, 5) is 28.4. The van der Waals surface area contributed by atoms with Gasteiger partial charge in [-0.15, -0.1) is 0 Å². The van der Waals surface area contributed by atoms with E-state index in [1.54, 1.807) is 36.3 Å². The summed E-state index contributed by atoms with van der Waals surface area (Å²) in [6.45, 7) is 2.51. The summed E-state index contributed by atoms with van der Waals surface area (Å²) in [5.41, 5.74) is 0.361. The van der Waals surface area contributed by atoms with Gasteiger partial charge in [0, 0.05) is 31.3 Å². The number of nitrogens with zero attached hydrogens (tertiary/aromatic N) is 3. The molecule has 2 N–H and O–H groups in total. The standard InChI is InChI=1S/C24H27ClN4O5/c1-3-27-21-20(22(31)28(24(27)32)13-6-14-30)29(15-16-9-11-17(25)12-10-16)23(26-21)34-19-8-5-4-7-18(19)33-2/h4-5,7-12,23,26,30H,3,6,13-15H2,1-2H3. The van der Waals surface area contributed by atoms with Crippen molar-refractivity contribution in [3.8, 4) is 11.5 Å². The number of fused-ring (bicyclic) bond motifs is 1. The van der Waals surface area contributed by atoms with Crippen molar-refractivity contribution in [2.24, 2.45) is 0 Å². The van der Waals surface area contributed by atoms with Crippen molar-refractivity contribution >= 4 is 23.1 Å². The Kier molecular flexibility index (Phi) is 7.14. The van der Waals surface area contributed by atoms with Crippen LogP contribution in [0.4, 0.5) is 11.5 Å². The second-order valence-corrected chi connectivity index (χ2v) is 8.21. The predicted molar refractivity (Wildman–Crippen MR) is 131 cm³/mol. The highest BCUT2D eigenvalue weighted by molar-refractivity contribution is 6.30. The Balaban J connectivity index is 1.83. The van der Waals surface area contributed by atoms with Crippen molar-refractivity contribution < 1.29 is 14.6 Å². The van der Waals surface area contributed by atoms with Gasteiger partial charge in [0.2, 0.25) is 0 Å². The lowest BCUT2D eigenvalue weighted by Gasteiger charge is -2.27. The number of anilines is 2. The fourth-order valence-corrected chi connectivity index (χ4v) is 4.13. The molecule has 0 saturated carbocycles. The zero-order valence-corrected chi connectivity index (χ0v) is 19.8. The Hall–Kier alpha value is -3.43. The molecule has 0 spiro atoms. The molecule has 1 unspecified atom stereocenters. The predicted octanol–water partition coefficient (Wildman–Crippen LogP) is 2.87. The van der Waals surface area contributed by atoms with Crippen LogP contribution in [-0.4, -0.2) is 34.3 Å². The van der Waals surface area contributed by atoms with Crippen LogP contribution in [0.3, 0.4) is 0 Å². The average molecular weight is 487 g/mol. The summed E-state index contributed by atoms with van der Waals surface area (Å²) in [5, 5.41) is 13.1. The molecule has 1 aliphatic rings. The molecule has 4 rings (SSSR count). The number of nitrogens with one attached hydrogen (secondary N) is 1. The number of aliphatic hydroxyl groups is 1. The molecule has 0 saturated heterocycles. The van der Waals surface area contributed by atoms with Crippen molar-refractivity contribution in [3.05, 3.63) is 80.0 Å². The number of rotatable bonds is 9. The Morgan fingerprint density at radius 2 is 1.76 bits per heavy atom. The summed E-state index contributed by atoms with van der Waals surface area (Å²) in [6, 6.07) is 14.5. The molecule has 2 heterocycles. The van der Waals surface area contributed by atoms with E-state index in [2.05, 4.69) is 5.32 Å². The van der Waals surface area contributed by atoms with Crippen LogP contribution in [0.5, 0.6) is 11.5 Å². The summed E-state index contributed by atoms with van der Waals surface area (Å²) >= 11 is 6.05. The van der Waals surface area contributed by atoms with Crippen molar-refractivity contribution in [2.45, 2.75) is 39.3 Å². The van der Waals surface area contributed by atoms with Crippen molar-refractivity contribution in [1.82, 2.24) is 9.13 Å². The summed E-state index contributed by atoms with van der Waals surface area (Å²) < 4.78 is 14.4. The lowest BCUT2D eigenvalue weighted by molar-refractivity contribution is 0.217. The molecule has 180 valence electrons. The van der Waals surface area contributed by atoms with Gasteiger partial charge in [0.25, 0.3) is 11.9 Å². The first-order chi connectivity index (χ1) is 16.5. The van der Waals surface area contributed by atoms with Gasteiger partial charge in [-0.2, -0.15) is 0 Å². The molecule has 1 atom stereocenters. The minimum Gasteiger partial charge on any atom is -0.493 e. The van der Waals surface area contributed by atoms with E-state index in [0.717, 1.165) is 5.56 Å². The zero-order valence-electron chi connectivity index (χ0n) is 19.0. The number of aliphatic hydroxyl groups excluding tert-OH is 1. The second kappa shape index (κ2) is 10.2. The molecule has 0 fully saturated rings. The highest BCUT2D eigenvalue weighted by atomic mass is 35.5. The van der Waals surface area contributed by atoms with E-state index < -0.39 is 17.6 Å². The third-order valence-electron chi connectivity index (χ3n) is 5.66. The fourth-order valence-electron chi connectivity index (χ4n) is 4.00. The molecule has 34 heavy (non-hydrogen) atoms. The van der Waals surface area contributed by atoms with Gasteiger partial charge in [-0.05, 0) is 43.2 Å². The van der Waals surface area contributed by atoms with Gasteiger partial charge in [-0.1, -0.05) is 35.9 Å². The van der Waals surface area contributed by atoms with E-state index in [9.17, 15) is 14.7 Å². The number of hydrogen-bond acceptors (Lipinski definition) is 7. The van der Waals surface area contributed by atoms with Gasteiger partial charge in [-0.3, -0.25) is 13.9 Å². The number of ether oxygens (including phenoxy) is 2. The first kappa shape index (κ1) is 23.7. The van der Waals surface area contributed by atoms with Gasteiger partial charge >= 0.3 is 5.69 Å². The lowest BCUT2D eigenvalue weighted by atomic mass is 10.2. The van der Waals surface area contributed by atoms with Crippen LogP contribution in [-0.2, 0) is 19.6 Å². The first-order valence-corrected chi connectivity index (χ1v) is 11.4. The van der Waals surface area contributed by atoms with Crippen molar-refractivity contribution in [3.63, 3.8) is 0 Å². The third kappa shape index (κ3) is 4.49. The fraction of sp³-hybridized carbons (Fsp3) is 0.333. The average Bonchev–Trinajstić information content (AvgIpc) is 3.18. The number of halogens is 1. The molecule has 1 aliphatic heterocycles. The van der Waals surface area contributed by atoms with E-state index in [0.29, 0.717) is 47.5 Å². The smallest absolute Gasteiger partial charge is 0.332 e. The Bertz CT molecular complexity index is 1270. The summed E-state index contributed by atoms with van der Waals surface area (Å²) in [7, 11) is 1.55. The van der Waals surface area contributed by atoms with Crippen LogP contribution in [0.2, 0.25) is 5.02 Å². The molecule has 10 heteroatoms. The van der Waals surface area contributed by atoms with E-state index in [1.807, 2.05) is 31.2 Å². The highest BCUT2D eigenvalue weighted by Crippen LogP contribution is 2.35. The second-order valence-electron chi connectivity index (χ2n) is 7.78. The van der Waals surface area contributed by atoms with Gasteiger partial charge in [-0.25, -0.2) is 4.79 Å². The maximum Gasteiger partial charge on any atom is 0.332 e. The molecular formula is C24H27ClN4O5. The van der Waals surface area contributed by atoms with Crippen LogP contribution in [0.1, 0.15) is 18.9 Å². The van der Waals surface area contributed by atoms with E-state index in [-0.39, 0.29) is 13.2 Å². The number of benzene rings is 2. The van der Waals surface area contributed by atoms with Crippen LogP contribution in [0.25, 0.3) is 0 Å². The minimum atomic E-state index is -0.777. The summed E-state index contributed by atoms with van der Waals surface area (Å²) in [6.07, 6.45) is -0.482. The molecule has 3 aromatic rings. The number of hydrogen-bond donors (Lipinski definition) is 2. The van der Waals surface area contributed by atoms with E-state index in [4.69, 9.17) is 21.1 Å². The monoisotopic (exact) mass is 486 g/mol. The Morgan fingerprint density at radius 1 is 1.06 bits per heavy atom. The molecule has 1 aromatic heterocycles. The molecule has 0 bridgehead atoms. The van der Waals surface area contributed by atoms with Gasteiger partial charge in [0.05, 0.1) is 7.11 Å². The largest absolute Gasteiger partial charge is 0.493 e. The Morgan fingerprint density at radius 3 is 2.41 bits per heavy atom. The topological polar surface area (TPSA) is 98.0 Å². The van der Waals surface area contributed by atoms with E-state index in [1.165, 1.54) is 9.13 Å². The molecule has 0 aliphatic carbocycles. The van der Waals surface area contributed by atoms with Crippen LogP contribution in [0.15, 0.2) is 58.1 Å². The number of methoxy groups -OCH3 is 1. The number of aromatic nitrogens is 2. The van der Waals surface area contributed by atoms with Gasteiger partial charge < -0.3 is 24.8 Å². The third-order valence-corrected chi connectivity index (χ3v) is 5.92. The maximum absolute atomic E-state index is 13.5. The molecule has 0 amide bonds. The highest BCUT2D eigenvalue weighted by Gasteiger charge is 2.37. The van der Waals surface area contributed by atoms with Gasteiger partial charge in [0.15, 0.2) is 11.5 Å². The molecule has 0 radical (unpaired) electrons. The zero-order chi connectivity index (χ0) is 24.2. The van der Waals surface area contributed by atoms with E-state index >= 15 is 0 Å². The molecule has 2 aromatic carbocycles. The quantitative estimate of drug-likeness (QED) is 0.480. The van der Waals surface area contributed by atoms with Crippen LogP contribution >= 0.6 is 11.6 Å². The van der Waals surface area contributed by atoms with Crippen molar-refractivity contribution in [2.75, 3.05) is 23.9 Å². The first-order valence-electron chi connectivity index (χ1n) is 11.0. The lowest BCUT2D eigenvalue weighted by Crippen LogP contribution is -2.43. The van der Waals surface area contributed by atoms with Crippen LogP contribution in [0, 0.1) is 0 Å². The Labute approximate surface area is 201 Å². The van der Waals surface area contributed by atoms with Crippen LogP contribution < -0.4 is 30.9 Å². The molecular weight excluding hydrogens is 460 g/mol. The minimum absolute atomic E-state index is 0.119. The SMILES string of the molecule is CCn1c2c(c(=O)n(CCCO)c1=O)N(Cc1ccc(Cl)cc1)C(Oc1ccccc1OC)N2. The molecule has 9 nitrogen and oxygen atoms in total. The normalized spacial score (nSPS) is 14.6. The maximum atomic E-state index is 13.5.